The van der Waals surface area contributed by atoms with Crippen molar-refractivity contribution in [1.29, 1.82) is 0 Å². The first-order chi connectivity index (χ1) is 16.0. The van der Waals surface area contributed by atoms with Crippen LogP contribution in [0.4, 0.5) is 0 Å². The van der Waals surface area contributed by atoms with Crippen molar-refractivity contribution in [2.75, 3.05) is 31.7 Å². The van der Waals surface area contributed by atoms with E-state index in [-0.39, 0.29) is 31.2 Å². The molecular formula is C23H41N3O7S2. The van der Waals surface area contributed by atoms with E-state index < -0.39 is 56.2 Å². The van der Waals surface area contributed by atoms with Gasteiger partial charge in [0.1, 0.15) is 9.84 Å². The Bertz CT molecular complexity index is 1010. The van der Waals surface area contributed by atoms with Gasteiger partial charge in [-0.1, -0.05) is 51.1 Å². The number of benzene rings is 1. The smallest absolute Gasteiger partial charge is 0.280 e. The number of hydrogen-bond acceptors (Lipinski definition) is 7. The molecule has 0 spiro atoms. The van der Waals surface area contributed by atoms with Crippen molar-refractivity contribution in [2.24, 2.45) is 11.8 Å². The molecule has 0 aliphatic heterocycles. The normalized spacial score (nSPS) is 15.7. The lowest BCUT2D eigenvalue weighted by atomic mass is 10.00. The molecule has 0 aromatic heterocycles. The predicted molar refractivity (Wildman–Crippen MR) is 137 cm³/mol. The minimum atomic E-state index is -4.09. The molecule has 202 valence electrons. The first-order valence-corrected chi connectivity index (χ1v) is 15.1. The van der Waals surface area contributed by atoms with E-state index in [0.717, 1.165) is 16.1 Å². The molecule has 3 atom stereocenters. The molecule has 0 heterocycles. The maximum atomic E-state index is 13.1. The summed E-state index contributed by atoms with van der Waals surface area (Å²) in [5, 5.41) is 23.3. The maximum absolute atomic E-state index is 13.1. The number of carbonyl (C=O) groups is 1. The summed E-state index contributed by atoms with van der Waals surface area (Å²) in [4.78, 5) is 12.8. The number of sulfone groups is 1. The van der Waals surface area contributed by atoms with Crippen molar-refractivity contribution >= 4 is 26.0 Å². The summed E-state index contributed by atoms with van der Waals surface area (Å²) < 4.78 is 53.0. The van der Waals surface area contributed by atoms with Crippen LogP contribution in [0.15, 0.2) is 30.3 Å². The molecule has 0 unspecified atom stereocenters. The molecule has 0 saturated carbocycles. The number of amides is 1. The van der Waals surface area contributed by atoms with Crippen molar-refractivity contribution in [3.63, 3.8) is 0 Å². The molecule has 1 rings (SSSR count). The highest BCUT2D eigenvalue weighted by molar-refractivity contribution is 7.90. The van der Waals surface area contributed by atoms with Gasteiger partial charge in [0.05, 0.1) is 30.0 Å². The second-order valence-electron chi connectivity index (χ2n) is 10.2. The molecule has 35 heavy (non-hydrogen) atoms. The molecule has 0 fully saturated rings. The van der Waals surface area contributed by atoms with Crippen LogP contribution < -0.4 is 10.0 Å². The number of nitrogens with one attached hydrogen (secondary N) is 2. The Morgan fingerprint density at radius 3 is 2.11 bits per heavy atom. The van der Waals surface area contributed by atoms with Gasteiger partial charge in [-0.25, -0.2) is 8.42 Å². The fraction of sp³-hybridized carbons (Fsp3) is 0.696. The van der Waals surface area contributed by atoms with E-state index in [0.29, 0.717) is 0 Å². The Kier molecular flexibility index (Phi) is 11.8. The SMILES string of the molecule is CC(C)CN(C[C@@H](O)[C@H](Cc1ccccc1)NC(=O)[C@H](C)CS(C)(=O)=O)S(=O)(=O)NC(C)(C)CO. The first kappa shape index (κ1) is 31.5. The van der Waals surface area contributed by atoms with Gasteiger partial charge in [-0.3, -0.25) is 4.79 Å². The van der Waals surface area contributed by atoms with E-state index in [9.17, 15) is 31.8 Å². The highest BCUT2D eigenvalue weighted by atomic mass is 32.2. The van der Waals surface area contributed by atoms with Gasteiger partial charge in [-0.2, -0.15) is 17.4 Å². The number of aliphatic hydroxyl groups excluding tert-OH is 2. The van der Waals surface area contributed by atoms with E-state index >= 15 is 0 Å². The lowest BCUT2D eigenvalue weighted by Gasteiger charge is -2.33. The zero-order valence-electron chi connectivity index (χ0n) is 21.4. The maximum Gasteiger partial charge on any atom is 0.280 e. The molecule has 12 heteroatoms. The van der Waals surface area contributed by atoms with Crippen molar-refractivity contribution in [3.05, 3.63) is 35.9 Å². The Labute approximate surface area is 210 Å². The Morgan fingerprint density at radius 1 is 1.06 bits per heavy atom. The van der Waals surface area contributed by atoms with Crippen LogP contribution in [-0.2, 0) is 31.3 Å². The standard InChI is InChI=1S/C23H41N3O7S2/c1-17(2)13-26(35(32,33)25-23(4,5)16-27)14-21(28)20(12-19-10-8-7-9-11-19)24-22(29)18(3)15-34(6,30)31/h7-11,17-18,20-21,25,27-28H,12-16H2,1-6H3,(H,24,29)/t18-,20+,21-/m1/s1. The number of carbonyl (C=O) groups excluding carboxylic acids is 1. The summed E-state index contributed by atoms with van der Waals surface area (Å²) >= 11 is 0. The fourth-order valence-corrected chi connectivity index (χ4v) is 6.26. The highest BCUT2D eigenvalue weighted by Crippen LogP contribution is 2.14. The van der Waals surface area contributed by atoms with E-state index in [1.807, 2.05) is 44.2 Å². The molecule has 0 saturated heterocycles. The summed E-state index contributed by atoms with van der Waals surface area (Å²) in [7, 11) is -7.48. The van der Waals surface area contributed by atoms with Crippen LogP contribution in [-0.4, -0.2) is 86.7 Å². The van der Waals surface area contributed by atoms with E-state index in [4.69, 9.17) is 0 Å². The van der Waals surface area contributed by atoms with Crippen molar-refractivity contribution < 1.29 is 31.8 Å². The van der Waals surface area contributed by atoms with Crippen molar-refractivity contribution in [1.82, 2.24) is 14.3 Å². The average Bonchev–Trinajstić information content (AvgIpc) is 2.71. The van der Waals surface area contributed by atoms with Gasteiger partial charge >= 0.3 is 0 Å². The first-order valence-electron chi connectivity index (χ1n) is 11.6. The molecule has 0 bridgehead atoms. The summed E-state index contributed by atoms with van der Waals surface area (Å²) in [6.07, 6.45) is -0.0373. The van der Waals surface area contributed by atoms with E-state index in [1.54, 1.807) is 0 Å². The fourth-order valence-electron chi connectivity index (χ4n) is 3.47. The van der Waals surface area contributed by atoms with Gasteiger partial charge in [0.25, 0.3) is 10.2 Å². The van der Waals surface area contributed by atoms with Crippen LogP contribution >= 0.6 is 0 Å². The second kappa shape index (κ2) is 13.1. The van der Waals surface area contributed by atoms with Crippen molar-refractivity contribution in [3.8, 4) is 0 Å². The summed E-state index contributed by atoms with van der Waals surface area (Å²) in [6, 6.07) is 8.21. The lowest BCUT2D eigenvalue weighted by Crippen LogP contribution is -2.57. The molecule has 0 aliphatic rings. The number of rotatable bonds is 15. The van der Waals surface area contributed by atoms with Gasteiger partial charge in [0.15, 0.2) is 0 Å². The third-order valence-corrected chi connectivity index (χ3v) is 8.08. The Morgan fingerprint density at radius 2 is 1.63 bits per heavy atom. The van der Waals surface area contributed by atoms with Crippen LogP contribution in [0.1, 0.15) is 40.2 Å². The van der Waals surface area contributed by atoms with Gasteiger partial charge in [-0.05, 0) is 31.7 Å². The molecule has 0 radical (unpaired) electrons. The molecule has 1 aromatic rings. The third-order valence-electron chi connectivity index (χ3n) is 5.19. The number of nitrogens with zero attached hydrogens (tertiary/aromatic N) is 1. The Hall–Kier alpha value is -1.57. The van der Waals surface area contributed by atoms with Crippen LogP contribution in [0.5, 0.6) is 0 Å². The zero-order chi connectivity index (χ0) is 27.0. The Balaban J connectivity index is 3.20. The highest BCUT2D eigenvalue weighted by Gasteiger charge is 2.34. The molecule has 10 nitrogen and oxygen atoms in total. The average molecular weight is 536 g/mol. The summed E-state index contributed by atoms with van der Waals surface area (Å²) in [5.74, 6) is -1.81. The molecular weight excluding hydrogens is 494 g/mol. The summed E-state index contributed by atoms with van der Waals surface area (Å²) in [5.41, 5.74) is -0.303. The van der Waals surface area contributed by atoms with Crippen LogP contribution in [0, 0.1) is 11.8 Å². The van der Waals surface area contributed by atoms with E-state index in [1.165, 1.54) is 20.8 Å². The third kappa shape index (κ3) is 11.8. The molecule has 4 N–H and O–H groups in total. The monoisotopic (exact) mass is 535 g/mol. The van der Waals surface area contributed by atoms with Gasteiger partial charge in [-0.15, -0.1) is 0 Å². The minimum Gasteiger partial charge on any atom is -0.394 e. The quantitative estimate of drug-likeness (QED) is 0.252. The molecule has 1 amide bonds. The predicted octanol–water partition coefficient (Wildman–Crippen LogP) is 0.319. The second-order valence-corrected chi connectivity index (χ2v) is 14.1. The van der Waals surface area contributed by atoms with Crippen molar-refractivity contribution in [2.45, 2.75) is 58.7 Å². The largest absolute Gasteiger partial charge is 0.394 e. The summed E-state index contributed by atoms with van der Waals surface area (Å²) in [6.45, 7) is 7.60. The van der Waals surface area contributed by atoms with Crippen LogP contribution in [0.3, 0.4) is 0 Å². The number of hydrogen-bond donors (Lipinski definition) is 4. The topological polar surface area (TPSA) is 153 Å². The minimum absolute atomic E-state index is 0.0621. The molecule has 1 aromatic carbocycles. The number of aliphatic hydroxyl groups is 2. The van der Waals surface area contributed by atoms with Gasteiger partial charge in [0.2, 0.25) is 5.91 Å². The zero-order valence-corrected chi connectivity index (χ0v) is 23.1. The van der Waals surface area contributed by atoms with Crippen LogP contribution in [0.2, 0.25) is 0 Å². The van der Waals surface area contributed by atoms with Gasteiger partial charge < -0.3 is 15.5 Å². The lowest BCUT2D eigenvalue weighted by molar-refractivity contribution is -0.125. The molecule has 0 aliphatic carbocycles. The van der Waals surface area contributed by atoms with Gasteiger partial charge in [0, 0.05) is 25.3 Å². The van der Waals surface area contributed by atoms with E-state index in [2.05, 4.69) is 10.0 Å². The van der Waals surface area contributed by atoms with Crippen LogP contribution in [0.25, 0.3) is 0 Å².